The normalized spacial score (nSPS) is 12.4. The van der Waals surface area contributed by atoms with Crippen molar-refractivity contribution in [2.45, 2.75) is 40.5 Å². The summed E-state index contributed by atoms with van der Waals surface area (Å²) >= 11 is 0. The second-order valence-corrected chi connectivity index (χ2v) is 5.15. The number of hydrogen-bond acceptors (Lipinski definition) is 3. The molecule has 0 rings (SSSR count). The molecular weight excluding hydrogens is 230 g/mol. The van der Waals surface area contributed by atoms with Crippen LogP contribution in [0, 0.1) is 23.7 Å². The number of rotatable bonds is 6. The molecule has 0 fully saturated rings. The summed E-state index contributed by atoms with van der Waals surface area (Å²) in [6.45, 7) is 8.01. The molecule has 18 heavy (non-hydrogen) atoms. The maximum absolute atomic E-state index is 12.0. The van der Waals surface area contributed by atoms with Crippen molar-refractivity contribution >= 4 is 11.9 Å². The molecule has 0 bridgehead atoms. The van der Waals surface area contributed by atoms with Crippen LogP contribution in [0.3, 0.4) is 0 Å². The van der Waals surface area contributed by atoms with Crippen LogP contribution in [-0.4, -0.2) is 25.0 Å². The number of carbonyl (C=O) groups is 2. The summed E-state index contributed by atoms with van der Waals surface area (Å²) in [6, 6.07) is 0. The summed E-state index contributed by atoms with van der Waals surface area (Å²) < 4.78 is 4.95. The maximum Gasteiger partial charge on any atom is 0.319 e. The summed E-state index contributed by atoms with van der Waals surface area (Å²) in [7, 11) is 0. The molecule has 1 amide bonds. The third-order valence-electron chi connectivity index (χ3n) is 2.45. The number of carbonyl (C=O) groups excluding carboxylic acids is 2. The minimum absolute atomic E-state index is 0.274. The van der Waals surface area contributed by atoms with Crippen molar-refractivity contribution in [2.75, 3.05) is 13.2 Å². The molecule has 0 saturated heterocycles. The maximum atomic E-state index is 12.0. The number of amides is 1. The summed E-state index contributed by atoms with van der Waals surface area (Å²) in [6.07, 6.45) is 6.45. The molecule has 1 N–H and O–H groups in total. The Morgan fingerprint density at radius 2 is 2.00 bits per heavy atom. The fourth-order valence-corrected chi connectivity index (χ4v) is 1.58. The molecular formula is C14H23NO3. The molecule has 0 aliphatic rings. The fraction of sp³-hybridized carbons (Fsp3) is 0.714. The lowest BCUT2D eigenvalue weighted by Crippen LogP contribution is -2.43. The van der Waals surface area contributed by atoms with E-state index in [-0.39, 0.29) is 12.5 Å². The minimum atomic E-state index is -0.789. The van der Waals surface area contributed by atoms with Gasteiger partial charge >= 0.3 is 5.97 Å². The van der Waals surface area contributed by atoms with Crippen LogP contribution in [0.5, 0.6) is 0 Å². The van der Waals surface area contributed by atoms with Gasteiger partial charge in [0.2, 0.25) is 5.91 Å². The van der Waals surface area contributed by atoms with Crippen molar-refractivity contribution < 1.29 is 14.3 Å². The molecule has 1 unspecified atom stereocenters. The van der Waals surface area contributed by atoms with Crippen molar-refractivity contribution in [3.8, 4) is 12.3 Å². The molecule has 0 saturated carbocycles. The highest BCUT2D eigenvalue weighted by Gasteiger charge is 2.38. The molecule has 0 aliphatic heterocycles. The van der Waals surface area contributed by atoms with Gasteiger partial charge in [-0.3, -0.25) is 9.59 Å². The molecule has 1 atom stereocenters. The number of terminal acetylenes is 1. The Labute approximate surface area is 109 Å². The standard InChI is InChI=1S/C14H23NO3/c1-6-8-9-10-15-12(16)11(14(3,4)5)13(17)18-7-2/h1,11H,7-10H2,2-5H3,(H,15,16). The van der Waals surface area contributed by atoms with Crippen molar-refractivity contribution in [3.63, 3.8) is 0 Å². The van der Waals surface area contributed by atoms with Gasteiger partial charge in [-0.05, 0) is 18.8 Å². The number of esters is 1. The van der Waals surface area contributed by atoms with Crippen LogP contribution in [0.25, 0.3) is 0 Å². The smallest absolute Gasteiger partial charge is 0.319 e. The zero-order valence-electron chi connectivity index (χ0n) is 11.7. The Hall–Kier alpha value is -1.50. The van der Waals surface area contributed by atoms with E-state index in [1.807, 2.05) is 20.8 Å². The van der Waals surface area contributed by atoms with Gasteiger partial charge in [-0.1, -0.05) is 20.8 Å². The highest BCUT2D eigenvalue weighted by molar-refractivity contribution is 5.98. The fourth-order valence-electron chi connectivity index (χ4n) is 1.58. The van der Waals surface area contributed by atoms with Crippen molar-refractivity contribution in [1.29, 1.82) is 0 Å². The van der Waals surface area contributed by atoms with E-state index < -0.39 is 17.3 Å². The lowest BCUT2D eigenvalue weighted by molar-refractivity contribution is -0.156. The van der Waals surface area contributed by atoms with Gasteiger partial charge in [0.15, 0.2) is 0 Å². The summed E-state index contributed by atoms with van der Waals surface area (Å²) in [5.74, 6) is 0.946. The van der Waals surface area contributed by atoms with Gasteiger partial charge in [-0.2, -0.15) is 0 Å². The van der Waals surface area contributed by atoms with Crippen LogP contribution in [-0.2, 0) is 14.3 Å². The lowest BCUT2D eigenvalue weighted by Gasteiger charge is -2.27. The van der Waals surface area contributed by atoms with E-state index in [0.29, 0.717) is 19.4 Å². The minimum Gasteiger partial charge on any atom is -0.465 e. The zero-order chi connectivity index (χ0) is 14.2. The Bertz CT molecular complexity index is 323. The highest BCUT2D eigenvalue weighted by Crippen LogP contribution is 2.27. The van der Waals surface area contributed by atoms with Gasteiger partial charge in [0, 0.05) is 13.0 Å². The van der Waals surface area contributed by atoms with Crippen LogP contribution in [0.1, 0.15) is 40.5 Å². The average molecular weight is 253 g/mol. The van der Waals surface area contributed by atoms with Crippen molar-refractivity contribution in [1.82, 2.24) is 5.32 Å². The first kappa shape index (κ1) is 16.5. The molecule has 0 heterocycles. The largest absolute Gasteiger partial charge is 0.465 e. The number of ether oxygens (including phenoxy) is 1. The summed E-state index contributed by atoms with van der Waals surface area (Å²) in [5, 5.41) is 2.73. The highest BCUT2D eigenvalue weighted by atomic mass is 16.5. The molecule has 0 aromatic heterocycles. The Morgan fingerprint density at radius 3 is 2.44 bits per heavy atom. The molecule has 4 heteroatoms. The van der Waals surface area contributed by atoms with E-state index in [9.17, 15) is 9.59 Å². The van der Waals surface area contributed by atoms with Crippen LogP contribution in [0.4, 0.5) is 0 Å². The topological polar surface area (TPSA) is 55.4 Å². The molecule has 0 aromatic carbocycles. The summed E-state index contributed by atoms with van der Waals surface area (Å²) in [4.78, 5) is 23.8. The first-order valence-electron chi connectivity index (χ1n) is 6.22. The number of unbranched alkanes of at least 4 members (excludes halogenated alkanes) is 1. The molecule has 0 radical (unpaired) electrons. The zero-order valence-corrected chi connectivity index (χ0v) is 11.7. The third kappa shape index (κ3) is 5.72. The third-order valence-corrected chi connectivity index (χ3v) is 2.45. The van der Waals surface area contributed by atoms with Crippen LogP contribution in [0.15, 0.2) is 0 Å². The van der Waals surface area contributed by atoms with E-state index >= 15 is 0 Å². The second kappa shape index (κ2) is 7.75. The van der Waals surface area contributed by atoms with Gasteiger partial charge < -0.3 is 10.1 Å². The van der Waals surface area contributed by atoms with E-state index in [1.165, 1.54) is 0 Å². The van der Waals surface area contributed by atoms with Gasteiger partial charge in [0.25, 0.3) is 0 Å². The number of nitrogens with one attached hydrogen (secondary N) is 1. The average Bonchev–Trinajstić information content (AvgIpc) is 2.23. The van der Waals surface area contributed by atoms with E-state index in [1.54, 1.807) is 6.92 Å². The Balaban J connectivity index is 4.53. The first-order chi connectivity index (χ1) is 8.34. The molecule has 102 valence electrons. The van der Waals surface area contributed by atoms with Gasteiger partial charge in [-0.25, -0.2) is 0 Å². The van der Waals surface area contributed by atoms with Gasteiger partial charge in [0.05, 0.1) is 6.61 Å². The predicted octanol–water partition coefficient (Wildman–Crippen LogP) is 1.74. The Morgan fingerprint density at radius 1 is 1.39 bits per heavy atom. The van der Waals surface area contributed by atoms with Crippen LogP contribution in [0.2, 0.25) is 0 Å². The SMILES string of the molecule is C#CCCCNC(=O)C(C(=O)OCC)C(C)(C)C. The van der Waals surface area contributed by atoms with E-state index in [2.05, 4.69) is 11.2 Å². The van der Waals surface area contributed by atoms with Gasteiger partial charge in [0.1, 0.15) is 5.92 Å². The van der Waals surface area contributed by atoms with E-state index in [4.69, 9.17) is 11.2 Å². The molecule has 0 aliphatic carbocycles. The molecule has 0 spiro atoms. The first-order valence-corrected chi connectivity index (χ1v) is 6.22. The monoisotopic (exact) mass is 253 g/mol. The second-order valence-electron chi connectivity index (χ2n) is 5.15. The van der Waals surface area contributed by atoms with Crippen LogP contribution < -0.4 is 5.32 Å². The molecule has 0 aromatic rings. The molecule has 4 nitrogen and oxygen atoms in total. The van der Waals surface area contributed by atoms with E-state index in [0.717, 1.165) is 0 Å². The quantitative estimate of drug-likeness (QED) is 0.339. The van der Waals surface area contributed by atoms with Crippen LogP contribution >= 0.6 is 0 Å². The number of hydrogen-bond donors (Lipinski definition) is 1. The summed E-state index contributed by atoms with van der Waals surface area (Å²) in [5.41, 5.74) is -0.470. The van der Waals surface area contributed by atoms with Crippen molar-refractivity contribution in [3.05, 3.63) is 0 Å². The predicted molar refractivity (Wildman–Crippen MR) is 70.7 cm³/mol. The Kier molecular flexibility index (Phi) is 7.11. The van der Waals surface area contributed by atoms with Crippen molar-refractivity contribution in [2.24, 2.45) is 11.3 Å². The van der Waals surface area contributed by atoms with Gasteiger partial charge in [-0.15, -0.1) is 12.3 Å². The lowest BCUT2D eigenvalue weighted by atomic mass is 9.80.